The van der Waals surface area contributed by atoms with E-state index >= 15 is 0 Å². The van der Waals surface area contributed by atoms with E-state index in [2.05, 4.69) is 5.32 Å². The number of rotatable bonds is 0. The van der Waals surface area contributed by atoms with Gasteiger partial charge in [0.25, 0.3) is 0 Å². The summed E-state index contributed by atoms with van der Waals surface area (Å²) < 4.78 is 0. The molecule has 0 atom stereocenters. The van der Waals surface area contributed by atoms with Crippen LogP contribution >= 0.6 is 23.2 Å². The molecule has 0 aromatic heterocycles. The minimum atomic E-state index is 0.552. The SMILES string of the molecule is CC.CC1=CCNC(Cl)=C1Cl. The Bertz CT molecular complexity index is 183. The van der Waals surface area contributed by atoms with Crippen LogP contribution < -0.4 is 5.32 Å². The van der Waals surface area contributed by atoms with Crippen LogP contribution in [0.5, 0.6) is 0 Å². The Hall–Kier alpha value is -0.140. The molecule has 0 amide bonds. The minimum Gasteiger partial charge on any atom is -0.371 e. The molecule has 3 heteroatoms. The number of halogens is 2. The van der Waals surface area contributed by atoms with E-state index in [9.17, 15) is 0 Å². The van der Waals surface area contributed by atoms with Gasteiger partial charge in [-0.15, -0.1) is 0 Å². The van der Waals surface area contributed by atoms with Crippen molar-refractivity contribution in [3.63, 3.8) is 0 Å². The highest BCUT2D eigenvalue weighted by Gasteiger charge is 2.06. The number of hydrogen-bond donors (Lipinski definition) is 1. The lowest BCUT2D eigenvalue weighted by Crippen LogP contribution is -2.14. The number of dihydropyridines is 1. The average Bonchev–Trinajstić information content (AvgIpc) is 2.04. The highest BCUT2D eigenvalue weighted by Crippen LogP contribution is 2.22. The van der Waals surface area contributed by atoms with Crippen molar-refractivity contribution in [2.24, 2.45) is 0 Å². The van der Waals surface area contributed by atoms with Crippen molar-refractivity contribution in [1.82, 2.24) is 5.32 Å². The van der Waals surface area contributed by atoms with Crippen molar-refractivity contribution in [3.05, 3.63) is 21.8 Å². The molecule has 1 rings (SSSR count). The summed E-state index contributed by atoms with van der Waals surface area (Å²) in [6.45, 7) is 6.71. The maximum Gasteiger partial charge on any atom is 0.121 e. The van der Waals surface area contributed by atoms with Gasteiger partial charge in [0.1, 0.15) is 5.16 Å². The molecule has 0 radical (unpaired) electrons. The molecule has 0 aromatic carbocycles. The topological polar surface area (TPSA) is 12.0 Å². The predicted octanol–water partition coefficient (Wildman–Crippen LogP) is 3.21. The van der Waals surface area contributed by atoms with Crippen LogP contribution in [0, 0.1) is 0 Å². The van der Waals surface area contributed by atoms with E-state index in [1.54, 1.807) is 0 Å². The van der Waals surface area contributed by atoms with Gasteiger partial charge in [-0.2, -0.15) is 0 Å². The smallest absolute Gasteiger partial charge is 0.121 e. The van der Waals surface area contributed by atoms with Gasteiger partial charge in [0.2, 0.25) is 0 Å². The van der Waals surface area contributed by atoms with Gasteiger partial charge in [-0.05, 0) is 12.5 Å². The van der Waals surface area contributed by atoms with Gasteiger partial charge in [0.05, 0.1) is 5.03 Å². The summed E-state index contributed by atoms with van der Waals surface area (Å²) in [5.74, 6) is 0. The molecular weight excluding hydrogens is 181 g/mol. The third-order valence-electron chi connectivity index (χ3n) is 1.20. The molecule has 0 bridgehead atoms. The Morgan fingerprint density at radius 1 is 1.36 bits per heavy atom. The minimum absolute atomic E-state index is 0.552. The summed E-state index contributed by atoms with van der Waals surface area (Å²) in [5.41, 5.74) is 1.04. The first-order valence-corrected chi connectivity index (χ1v) is 4.43. The Morgan fingerprint density at radius 2 is 1.91 bits per heavy atom. The molecule has 0 aromatic rings. The quantitative estimate of drug-likeness (QED) is 0.584. The lowest BCUT2D eigenvalue weighted by Gasteiger charge is -2.11. The standard InChI is InChI=1S/C6H7Cl2N.C2H6/c1-4-2-3-9-6(8)5(4)7;1-2/h2,9H,3H2,1H3;1-2H3. The molecular formula is C8H13Cl2N. The van der Waals surface area contributed by atoms with Crippen LogP contribution in [0.3, 0.4) is 0 Å². The van der Waals surface area contributed by atoms with E-state index in [1.165, 1.54) is 0 Å². The molecule has 1 nitrogen and oxygen atoms in total. The van der Waals surface area contributed by atoms with Crippen LogP contribution in [0.25, 0.3) is 0 Å². The molecule has 1 N–H and O–H groups in total. The summed E-state index contributed by atoms with van der Waals surface area (Å²) in [4.78, 5) is 0. The van der Waals surface area contributed by atoms with Crippen LogP contribution in [0.15, 0.2) is 21.8 Å². The highest BCUT2D eigenvalue weighted by molar-refractivity contribution is 6.40. The summed E-state index contributed by atoms with van der Waals surface area (Å²) in [6.07, 6.45) is 1.99. The maximum atomic E-state index is 5.73. The largest absolute Gasteiger partial charge is 0.371 e. The maximum absolute atomic E-state index is 5.73. The van der Waals surface area contributed by atoms with Gasteiger partial charge in [-0.1, -0.05) is 43.1 Å². The van der Waals surface area contributed by atoms with E-state index in [0.717, 1.165) is 12.1 Å². The molecule has 64 valence electrons. The lowest BCUT2D eigenvalue weighted by atomic mass is 10.2. The molecule has 0 saturated heterocycles. The molecule has 0 unspecified atom stereocenters. The van der Waals surface area contributed by atoms with Crippen molar-refractivity contribution >= 4 is 23.2 Å². The van der Waals surface area contributed by atoms with Crippen molar-refractivity contribution < 1.29 is 0 Å². The predicted molar refractivity (Wildman–Crippen MR) is 51.8 cm³/mol. The second kappa shape index (κ2) is 5.50. The Morgan fingerprint density at radius 3 is 2.27 bits per heavy atom. The zero-order valence-electron chi connectivity index (χ0n) is 7.04. The molecule has 0 fully saturated rings. The Balaban J connectivity index is 0.000000461. The molecule has 1 aliphatic heterocycles. The van der Waals surface area contributed by atoms with Gasteiger partial charge in [-0.25, -0.2) is 0 Å². The first-order chi connectivity index (χ1) is 5.22. The lowest BCUT2D eigenvalue weighted by molar-refractivity contribution is 0.930. The molecule has 1 aliphatic rings. The second-order valence-electron chi connectivity index (χ2n) is 1.90. The Kier molecular flexibility index (Phi) is 5.43. The second-order valence-corrected chi connectivity index (χ2v) is 2.65. The molecule has 0 spiro atoms. The first-order valence-electron chi connectivity index (χ1n) is 3.68. The normalized spacial score (nSPS) is 16.3. The zero-order chi connectivity index (χ0) is 8.85. The highest BCUT2D eigenvalue weighted by atomic mass is 35.5. The summed E-state index contributed by atoms with van der Waals surface area (Å²) >= 11 is 11.4. The van der Waals surface area contributed by atoms with E-state index in [0.29, 0.717) is 10.2 Å². The van der Waals surface area contributed by atoms with Crippen LogP contribution in [-0.4, -0.2) is 6.54 Å². The molecule has 11 heavy (non-hydrogen) atoms. The van der Waals surface area contributed by atoms with E-state index in [-0.39, 0.29) is 0 Å². The van der Waals surface area contributed by atoms with Crippen LogP contribution in [0.1, 0.15) is 20.8 Å². The molecule has 1 heterocycles. The first kappa shape index (κ1) is 10.9. The summed E-state index contributed by atoms with van der Waals surface area (Å²) in [5, 5.41) is 4.08. The molecule has 0 saturated carbocycles. The van der Waals surface area contributed by atoms with Crippen LogP contribution in [0.2, 0.25) is 0 Å². The summed E-state index contributed by atoms with van der Waals surface area (Å²) in [7, 11) is 0. The number of hydrogen-bond acceptors (Lipinski definition) is 1. The van der Waals surface area contributed by atoms with Crippen molar-refractivity contribution in [2.75, 3.05) is 6.54 Å². The van der Waals surface area contributed by atoms with Crippen molar-refractivity contribution in [2.45, 2.75) is 20.8 Å². The van der Waals surface area contributed by atoms with E-state index in [1.807, 2.05) is 26.8 Å². The van der Waals surface area contributed by atoms with E-state index in [4.69, 9.17) is 23.2 Å². The Labute approximate surface area is 78.1 Å². The fourth-order valence-electron chi connectivity index (χ4n) is 0.634. The van der Waals surface area contributed by atoms with Crippen molar-refractivity contribution in [1.29, 1.82) is 0 Å². The van der Waals surface area contributed by atoms with Gasteiger partial charge in [0.15, 0.2) is 0 Å². The van der Waals surface area contributed by atoms with Crippen LogP contribution in [-0.2, 0) is 0 Å². The van der Waals surface area contributed by atoms with Crippen molar-refractivity contribution in [3.8, 4) is 0 Å². The monoisotopic (exact) mass is 193 g/mol. The fraction of sp³-hybridized carbons (Fsp3) is 0.500. The van der Waals surface area contributed by atoms with Crippen LogP contribution in [0.4, 0.5) is 0 Å². The zero-order valence-corrected chi connectivity index (χ0v) is 8.55. The number of allylic oxidation sites excluding steroid dienone is 2. The third kappa shape index (κ3) is 3.17. The molecule has 0 aliphatic carbocycles. The number of nitrogens with one attached hydrogen (secondary N) is 1. The fourth-order valence-corrected chi connectivity index (χ4v) is 1.00. The van der Waals surface area contributed by atoms with Gasteiger partial charge >= 0.3 is 0 Å². The third-order valence-corrected chi connectivity index (χ3v) is 2.11. The van der Waals surface area contributed by atoms with Gasteiger partial charge in [0, 0.05) is 6.54 Å². The van der Waals surface area contributed by atoms with Gasteiger partial charge < -0.3 is 5.32 Å². The van der Waals surface area contributed by atoms with E-state index < -0.39 is 0 Å². The summed E-state index contributed by atoms with van der Waals surface area (Å²) in [6, 6.07) is 0. The average molecular weight is 194 g/mol. The van der Waals surface area contributed by atoms with Gasteiger partial charge in [-0.3, -0.25) is 0 Å².